The van der Waals surface area contributed by atoms with Crippen LogP contribution in [0, 0.1) is 0 Å². The quantitative estimate of drug-likeness (QED) is 0.782. The Labute approximate surface area is 160 Å². The van der Waals surface area contributed by atoms with E-state index in [-0.39, 0.29) is 11.4 Å². The summed E-state index contributed by atoms with van der Waals surface area (Å²) < 4.78 is 0. The summed E-state index contributed by atoms with van der Waals surface area (Å²) in [6.07, 6.45) is 3.29. The van der Waals surface area contributed by atoms with E-state index in [1.54, 1.807) is 12.1 Å². The van der Waals surface area contributed by atoms with Gasteiger partial charge in [-0.05, 0) is 62.1 Å². The van der Waals surface area contributed by atoms with E-state index in [1.807, 2.05) is 17.0 Å². The van der Waals surface area contributed by atoms with Crippen LogP contribution in [0.25, 0.3) is 0 Å². The zero-order chi connectivity index (χ0) is 18.1. The van der Waals surface area contributed by atoms with E-state index in [4.69, 9.17) is 11.6 Å². The van der Waals surface area contributed by atoms with Gasteiger partial charge in [0, 0.05) is 35.8 Å². The Hall–Kier alpha value is -1.84. The molecule has 2 aromatic rings. The molecule has 4 heteroatoms. The van der Waals surface area contributed by atoms with Gasteiger partial charge in [-0.15, -0.1) is 0 Å². The lowest BCUT2D eigenvalue weighted by molar-refractivity contribution is 0.0492. The normalized spacial score (nSPS) is 22.7. The molecule has 4 rings (SSSR count). The number of carbonyl (C=O) groups excluding carboxylic acids is 1. The highest BCUT2D eigenvalue weighted by molar-refractivity contribution is 6.30. The first-order chi connectivity index (χ1) is 12.6. The Morgan fingerprint density at radius 1 is 1.04 bits per heavy atom. The molecular formula is C22H25ClN2O. The van der Waals surface area contributed by atoms with E-state index in [9.17, 15) is 4.79 Å². The number of halogens is 1. The molecule has 0 bridgehead atoms. The maximum Gasteiger partial charge on any atom is 0.253 e. The molecule has 136 valence electrons. The molecule has 0 aromatic heterocycles. The second-order valence-corrected chi connectivity index (χ2v) is 8.15. The van der Waals surface area contributed by atoms with Crippen molar-refractivity contribution < 1.29 is 4.79 Å². The number of piperidine rings is 1. The number of likely N-dealkylation sites (N-methyl/N-ethyl adjacent to an activating group) is 1. The Morgan fingerprint density at radius 2 is 1.69 bits per heavy atom. The minimum atomic E-state index is 0.122. The highest BCUT2D eigenvalue weighted by atomic mass is 35.5. The van der Waals surface area contributed by atoms with Gasteiger partial charge in [0.25, 0.3) is 5.91 Å². The zero-order valence-corrected chi connectivity index (χ0v) is 16.0. The monoisotopic (exact) mass is 368 g/mol. The van der Waals surface area contributed by atoms with Crippen LogP contribution in [-0.4, -0.2) is 47.9 Å². The average Bonchev–Trinajstić information content (AvgIpc) is 2.99. The van der Waals surface area contributed by atoms with Crippen LogP contribution in [-0.2, 0) is 0 Å². The molecule has 0 saturated carbocycles. The Kier molecular flexibility index (Phi) is 4.76. The van der Waals surface area contributed by atoms with Gasteiger partial charge in [-0.1, -0.05) is 41.9 Å². The fourth-order valence-electron chi connectivity index (χ4n) is 4.64. The Balaban J connectivity index is 1.43. The summed E-state index contributed by atoms with van der Waals surface area (Å²) in [5.41, 5.74) is 2.40. The first-order valence-electron chi connectivity index (χ1n) is 9.38. The summed E-state index contributed by atoms with van der Waals surface area (Å²) in [5, 5.41) is 0.665. The maximum absolute atomic E-state index is 12.8. The topological polar surface area (TPSA) is 23.6 Å². The second kappa shape index (κ2) is 7.05. The van der Waals surface area contributed by atoms with E-state index < -0.39 is 0 Å². The molecule has 2 aromatic carbocycles. The van der Waals surface area contributed by atoms with E-state index in [0.717, 1.165) is 38.0 Å². The van der Waals surface area contributed by atoms with Gasteiger partial charge in [0.05, 0.1) is 0 Å². The lowest BCUT2D eigenvalue weighted by atomic mass is 9.81. The lowest BCUT2D eigenvalue weighted by Gasteiger charge is -2.43. The highest BCUT2D eigenvalue weighted by Crippen LogP contribution is 2.44. The number of benzene rings is 2. The number of nitrogens with zero attached hydrogens (tertiary/aromatic N) is 2. The molecule has 3 nitrogen and oxygen atoms in total. The molecular weight excluding hydrogens is 344 g/mol. The van der Waals surface area contributed by atoms with Crippen molar-refractivity contribution in [1.82, 2.24) is 9.80 Å². The number of carbonyl (C=O) groups is 1. The molecule has 1 atom stereocenters. The van der Waals surface area contributed by atoms with Crippen molar-refractivity contribution in [3.8, 4) is 0 Å². The van der Waals surface area contributed by atoms with E-state index >= 15 is 0 Å². The largest absolute Gasteiger partial charge is 0.339 e. The summed E-state index contributed by atoms with van der Waals surface area (Å²) in [7, 11) is 2.25. The van der Waals surface area contributed by atoms with Crippen LogP contribution in [0.3, 0.4) is 0 Å². The number of hydrogen-bond donors (Lipinski definition) is 0. The van der Waals surface area contributed by atoms with Crippen LogP contribution >= 0.6 is 11.6 Å². The van der Waals surface area contributed by atoms with Crippen molar-refractivity contribution in [2.24, 2.45) is 0 Å². The van der Waals surface area contributed by atoms with Crippen molar-refractivity contribution in [3.63, 3.8) is 0 Å². The highest BCUT2D eigenvalue weighted by Gasteiger charge is 2.46. The third kappa shape index (κ3) is 3.26. The molecule has 0 aliphatic carbocycles. The minimum Gasteiger partial charge on any atom is -0.339 e. The van der Waals surface area contributed by atoms with Crippen molar-refractivity contribution in [2.45, 2.75) is 30.7 Å². The average molecular weight is 369 g/mol. The molecule has 26 heavy (non-hydrogen) atoms. The second-order valence-electron chi connectivity index (χ2n) is 7.72. The molecule has 1 spiro atoms. The standard InChI is InChI=1S/C22H25ClN2O/c1-24-16-19(17-5-3-2-4-6-17)15-22(24)11-13-25(14-12-22)21(26)18-7-9-20(23)10-8-18/h2-10,19H,11-16H2,1H3/t19-/m1/s1. The van der Waals surface area contributed by atoms with Crippen LogP contribution in [0.1, 0.15) is 41.1 Å². The van der Waals surface area contributed by atoms with E-state index in [1.165, 1.54) is 12.0 Å². The molecule has 1 amide bonds. The number of likely N-dealkylation sites (tertiary alicyclic amines) is 2. The first kappa shape index (κ1) is 17.6. The summed E-state index contributed by atoms with van der Waals surface area (Å²) >= 11 is 5.93. The van der Waals surface area contributed by atoms with Crippen molar-refractivity contribution >= 4 is 17.5 Å². The zero-order valence-electron chi connectivity index (χ0n) is 15.2. The van der Waals surface area contributed by atoms with Gasteiger partial charge in [-0.3, -0.25) is 9.69 Å². The van der Waals surface area contributed by atoms with Gasteiger partial charge < -0.3 is 4.90 Å². The summed E-state index contributed by atoms with van der Waals surface area (Å²) in [6.45, 7) is 2.76. The van der Waals surface area contributed by atoms with Gasteiger partial charge in [-0.2, -0.15) is 0 Å². The molecule has 2 fully saturated rings. The summed E-state index contributed by atoms with van der Waals surface area (Å²) in [6, 6.07) is 18.1. The minimum absolute atomic E-state index is 0.122. The Morgan fingerprint density at radius 3 is 2.35 bits per heavy atom. The third-order valence-electron chi connectivity index (χ3n) is 6.27. The lowest BCUT2D eigenvalue weighted by Crippen LogP contribution is -2.52. The van der Waals surface area contributed by atoms with Gasteiger partial charge in [0.2, 0.25) is 0 Å². The molecule has 2 heterocycles. The molecule has 0 radical (unpaired) electrons. The van der Waals surface area contributed by atoms with Crippen LogP contribution in [0.2, 0.25) is 5.02 Å². The van der Waals surface area contributed by atoms with E-state index in [2.05, 4.69) is 42.3 Å². The van der Waals surface area contributed by atoms with Crippen LogP contribution in [0.15, 0.2) is 54.6 Å². The van der Waals surface area contributed by atoms with Crippen molar-refractivity contribution in [3.05, 3.63) is 70.7 Å². The SMILES string of the molecule is CN1C[C@H](c2ccccc2)CC12CCN(C(=O)c1ccc(Cl)cc1)CC2. The van der Waals surface area contributed by atoms with Crippen LogP contribution in [0.5, 0.6) is 0 Å². The van der Waals surface area contributed by atoms with Gasteiger partial charge in [0.1, 0.15) is 0 Å². The third-order valence-corrected chi connectivity index (χ3v) is 6.53. The fraction of sp³-hybridized carbons (Fsp3) is 0.409. The van der Waals surface area contributed by atoms with Gasteiger partial charge >= 0.3 is 0 Å². The van der Waals surface area contributed by atoms with Crippen LogP contribution in [0.4, 0.5) is 0 Å². The summed E-state index contributed by atoms with van der Waals surface area (Å²) in [5.74, 6) is 0.719. The number of hydrogen-bond acceptors (Lipinski definition) is 2. The Bertz CT molecular complexity index is 766. The first-order valence-corrected chi connectivity index (χ1v) is 9.76. The van der Waals surface area contributed by atoms with E-state index in [0.29, 0.717) is 10.9 Å². The molecule has 2 saturated heterocycles. The number of amides is 1. The predicted molar refractivity (Wildman–Crippen MR) is 106 cm³/mol. The summed E-state index contributed by atoms with van der Waals surface area (Å²) in [4.78, 5) is 17.3. The maximum atomic E-state index is 12.8. The predicted octanol–water partition coefficient (Wildman–Crippen LogP) is 4.43. The molecule has 2 aliphatic heterocycles. The fourth-order valence-corrected chi connectivity index (χ4v) is 4.76. The number of rotatable bonds is 2. The molecule has 0 unspecified atom stereocenters. The van der Waals surface area contributed by atoms with Gasteiger partial charge in [0.15, 0.2) is 0 Å². The smallest absolute Gasteiger partial charge is 0.253 e. The van der Waals surface area contributed by atoms with Crippen molar-refractivity contribution in [1.29, 1.82) is 0 Å². The van der Waals surface area contributed by atoms with Crippen molar-refractivity contribution in [2.75, 3.05) is 26.7 Å². The molecule has 2 aliphatic rings. The molecule has 0 N–H and O–H groups in total. The van der Waals surface area contributed by atoms with Gasteiger partial charge in [-0.25, -0.2) is 0 Å². The van der Waals surface area contributed by atoms with Crippen LogP contribution < -0.4 is 0 Å².